The number of aliphatic hydroxyl groups excluding tert-OH is 1. The maximum atomic E-state index is 12.7. The molecule has 4 nitrogen and oxygen atoms in total. The van der Waals surface area contributed by atoms with Crippen LogP contribution in [0.4, 0.5) is 0 Å². The molecule has 5 heteroatoms. The molecule has 0 unspecified atom stereocenters. The predicted octanol–water partition coefficient (Wildman–Crippen LogP) is 1.97. The van der Waals surface area contributed by atoms with Crippen molar-refractivity contribution in [3.63, 3.8) is 0 Å². The van der Waals surface area contributed by atoms with Gasteiger partial charge in [0.25, 0.3) is 0 Å². The summed E-state index contributed by atoms with van der Waals surface area (Å²) in [5.74, 6) is 1.06. The van der Waals surface area contributed by atoms with Crippen molar-refractivity contribution in [1.29, 1.82) is 0 Å². The minimum absolute atomic E-state index is 0.0175. The lowest BCUT2D eigenvalue weighted by molar-refractivity contribution is -0.132. The third-order valence-electron chi connectivity index (χ3n) is 5.13. The summed E-state index contributed by atoms with van der Waals surface area (Å²) in [5, 5.41) is 10.3. The number of β-amino-alcohol motifs (C(OH)–C–C–N with tert-alkyl or cyclic N) is 1. The van der Waals surface area contributed by atoms with Gasteiger partial charge >= 0.3 is 0 Å². The molecule has 1 aromatic carbocycles. The quantitative estimate of drug-likeness (QED) is 0.863. The second-order valence-corrected chi connectivity index (χ2v) is 6.81. The van der Waals surface area contributed by atoms with E-state index in [0.29, 0.717) is 31.1 Å². The van der Waals surface area contributed by atoms with Crippen LogP contribution >= 0.6 is 11.6 Å². The van der Waals surface area contributed by atoms with Crippen molar-refractivity contribution in [2.24, 2.45) is 5.92 Å². The predicted molar refractivity (Wildman–Crippen MR) is 78.6 cm³/mol. The second-order valence-electron chi connectivity index (χ2n) is 6.38. The number of hydrogen-bond acceptors (Lipinski definition) is 3. The first-order chi connectivity index (χ1) is 10.1. The van der Waals surface area contributed by atoms with E-state index in [0.717, 1.165) is 24.2 Å². The highest BCUT2D eigenvalue weighted by molar-refractivity contribution is 6.30. The number of ether oxygens (including phenoxy) is 1. The molecule has 3 atom stereocenters. The molecule has 1 N–H and O–H groups in total. The number of halogens is 1. The molecule has 4 rings (SSSR count). The monoisotopic (exact) mass is 307 g/mol. The highest BCUT2D eigenvalue weighted by Crippen LogP contribution is 2.61. The number of carbonyl (C=O) groups excluding carboxylic acids is 1. The van der Waals surface area contributed by atoms with E-state index in [1.165, 1.54) is 0 Å². The summed E-state index contributed by atoms with van der Waals surface area (Å²) < 4.78 is 5.70. The SMILES string of the molecule is O=C([C@@H]1C[C@]12CCOc1ccc(Cl)cc12)N1CC[C@@H](O)C1. The molecule has 1 aromatic rings. The molecule has 3 aliphatic rings. The average molecular weight is 308 g/mol. The van der Waals surface area contributed by atoms with E-state index in [-0.39, 0.29) is 23.3 Å². The molecule has 0 bridgehead atoms. The number of aliphatic hydroxyl groups is 1. The number of rotatable bonds is 1. The number of amides is 1. The van der Waals surface area contributed by atoms with Gasteiger partial charge in [-0.05, 0) is 37.5 Å². The van der Waals surface area contributed by atoms with Gasteiger partial charge < -0.3 is 14.7 Å². The Labute approximate surface area is 128 Å². The number of fused-ring (bicyclic) bond motifs is 2. The molecule has 2 aliphatic heterocycles. The fourth-order valence-corrected chi connectivity index (χ4v) is 4.03. The first-order valence-electron chi connectivity index (χ1n) is 7.50. The Bertz CT molecular complexity index is 605. The van der Waals surface area contributed by atoms with Gasteiger partial charge in [-0.2, -0.15) is 0 Å². The highest BCUT2D eigenvalue weighted by atomic mass is 35.5. The summed E-state index contributed by atoms with van der Waals surface area (Å²) in [6.45, 7) is 1.80. The van der Waals surface area contributed by atoms with Crippen LogP contribution in [0.15, 0.2) is 18.2 Å². The Hall–Kier alpha value is -1.26. The number of carbonyl (C=O) groups is 1. The summed E-state index contributed by atoms with van der Waals surface area (Å²) in [6.07, 6.45) is 2.07. The second kappa shape index (κ2) is 4.62. The topological polar surface area (TPSA) is 49.8 Å². The zero-order chi connectivity index (χ0) is 14.6. The van der Waals surface area contributed by atoms with Crippen molar-refractivity contribution < 1.29 is 14.6 Å². The molecular weight excluding hydrogens is 290 g/mol. The van der Waals surface area contributed by atoms with Gasteiger partial charge in [0.05, 0.1) is 12.7 Å². The van der Waals surface area contributed by atoms with E-state index < -0.39 is 0 Å². The van der Waals surface area contributed by atoms with Gasteiger partial charge in [-0.15, -0.1) is 0 Å². The highest BCUT2D eigenvalue weighted by Gasteiger charge is 2.62. The molecule has 2 heterocycles. The van der Waals surface area contributed by atoms with Crippen molar-refractivity contribution in [3.05, 3.63) is 28.8 Å². The summed E-state index contributed by atoms with van der Waals surface area (Å²) in [6, 6.07) is 5.68. The Morgan fingerprint density at radius 2 is 2.33 bits per heavy atom. The van der Waals surface area contributed by atoms with Crippen LogP contribution in [0.25, 0.3) is 0 Å². The standard InChI is InChI=1S/C16H18ClNO3/c17-10-1-2-14-12(7-10)16(4-6-21-14)8-13(16)15(20)18-5-3-11(19)9-18/h1-2,7,11,13,19H,3-6,8-9H2/t11-,13+,16+/m1/s1. The van der Waals surface area contributed by atoms with Crippen LogP contribution in [-0.4, -0.2) is 41.7 Å². The molecule has 1 amide bonds. The van der Waals surface area contributed by atoms with E-state index in [1.54, 1.807) is 0 Å². The third-order valence-corrected chi connectivity index (χ3v) is 5.37. The molecule has 1 spiro atoms. The molecule has 0 radical (unpaired) electrons. The Kier molecular flexibility index (Phi) is 2.95. The zero-order valence-electron chi connectivity index (χ0n) is 11.7. The van der Waals surface area contributed by atoms with E-state index in [1.807, 2.05) is 23.1 Å². The van der Waals surface area contributed by atoms with E-state index in [4.69, 9.17) is 16.3 Å². The number of hydrogen-bond donors (Lipinski definition) is 1. The maximum Gasteiger partial charge on any atom is 0.226 e. The Morgan fingerprint density at radius 1 is 1.48 bits per heavy atom. The first-order valence-corrected chi connectivity index (χ1v) is 7.88. The van der Waals surface area contributed by atoms with Gasteiger partial charge in [0.1, 0.15) is 5.75 Å². The van der Waals surface area contributed by atoms with Gasteiger partial charge in [-0.1, -0.05) is 11.6 Å². The van der Waals surface area contributed by atoms with Crippen molar-refractivity contribution in [2.45, 2.75) is 30.8 Å². The smallest absolute Gasteiger partial charge is 0.226 e. The molecule has 21 heavy (non-hydrogen) atoms. The van der Waals surface area contributed by atoms with E-state index in [9.17, 15) is 9.90 Å². The fourth-order valence-electron chi connectivity index (χ4n) is 3.86. The number of likely N-dealkylation sites (tertiary alicyclic amines) is 1. The minimum atomic E-state index is -0.361. The summed E-state index contributed by atoms with van der Waals surface area (Å²) in [5.41, 5.74) is 0.989. The Balaban J connectivity index is 1.61. The van der Waals surface area contributed by atoms with Crippen molar-refractivity contribution in [1.82, 2.24) is 4.90 Å². The van der Waals surface area contributed by atoms with Gasteiger partial charge in [0.15, 0.2) is 0 Å². The van der Waals surface area contributed by atoms with E-state index in [2.05, 4.69) is 0 Å². The molecular formula is C16H18ClNO3. The lowest BCUT2D eigenvalue weighted by Gasteiger charge is -2.28. The Morgan fingerprint density at radius 3 is 3.10 bits per heavy atom. The molecule has 1 saturated carbocycles. The normalized spacial score (nSPS) is 33.7. The van der Waals surface area contributed by atoms with Crippen molar-refractivity contribution in [3.8, 4) is 5.75 Å². The lowest BCUT2D eigenvalue weighted by atomic mass is 9.87. The minimum Gasteiger partial charge on any atom is -0.493 e. The van der Waals surface area contributed by atoms with Crippen LogP contribution in [0.3, 0.4) is 0 Å². The van der Waals surface area contributed by atoms with Gasteiger partial charge in [0.2, 0.25) is 5.91 Å². The molecule has 1 aliphatic carbocycles. The zero-order valence-corrected chi connectivity index (χ0v) is 12.5. The van der Waals surface area contributed by atoms with Crippen LogP contribution in [-0.2, 0) is 10.2 Å². The fraction of sp³-hybridized carbons (Fsp3) is 0.562. The van der Waals surface area contributed by atoms with Gasteiger partial charge in [-0.25, -0.2) is 0 Å². The molecule has 112 valence electrons. The van der Waals surface area contributed by atoms with Crippen LogP contribution in [0.1, 0.15) is 24.8 Å². The lowest BCUT2D eigenvalue weighted by Crippen LogP contribution is -2.34. The van der Waals surface area contributed by atoms with Crippen LogP contribution in [0.2, 0.25) is 5.02 Å². The van der Waals surface area contributed by atoms with Gasteiger partial charge in [-0.3, -0.25) is 4.79 Å². The van der Waals surface area contributed by atoms with Crippen molar-refractivity contribution in [2.75, 3.05) is 19.7 Å². The summed E-state index contributed by atoms with van der Waals surface area (Å²) in [4.78, 5) is 14.5. The van der Waals surface area contributed by atoms with E-state index >= 15 is 0 Å². The molecule has 0 aromatic heterocycles. The summed E-state index contributed by atoms with van der Waals surface area (Å²) in [7, 11) is 0. The average Bonchev–Trinajstić information content (AvgIpc) is 3.02. The number of benzene rings is 1. The maximum absolute atomic E-state index is 12.7. The first kappa shape index (κ1) is 13.4. The summed E-state index contributed by atoms with van der Waals surface area (Å²) >= 11 is 6.12. The van der Waals surface area contributed by atoms with Crippen LogP contribution in [0.5, 0.6) is 5.75 Å². The third kappa shape index (κ3) is 2.04. The molecule has 1 saturated heterocycles. The van der Waals surface area contributed by atoms with Gasteiger partial charge in [0, 0.05) is 35.0 Å². The largest absolute Gasteiger partial charge is 0.493 e. The van der Waals surface area contributed by atoms with Crippen molar-refractivity contribution >= 4 is 17.5 Å². The number of nitrogens with zero attached hydrogens (tertiary/aromatic N) is 1. The van der Waals surface area contributed by atoms with Crippen LogP contribution < -0.4 is 4.74 Å². The molecule has 2 fully saturated rings. The van der Waals surface area contributed by atoms with Crippen LogP contribution in [0, 0.1) is 5.92 Å².